The minimum absolute atomic E-state index is 0.131. The van der Waals surface area contributed by atoms with Crippen LogP contribution in [-0.4, -0.2) is 58.4 Å². The highest BCUT2D eigenvalue weighted by Gasteiger charge is 2.13. The van der Waals surface area contributed by atoms with E-state index in [0.717, 1.165) is 56.0 Å². The monoisotopic (exact) mass is 477 g/mol. The van der Waals surface area contributed by atoms with E-state index in [9.17, 15) is 9.18 Å². The van der Waals surface area contributed by atoms with Crippen molar-refractivity contribution in [1.29, 1.82) is 0 Å². The molecule has 1 aliphatic rings. The van der Waals surface area contributed by atoms with Gasteiger partial charge in [-0.15, -0.1) is 0 Å². The molecule has 3 heterocycles. The van der Waals surface area contributed by atoms with Crippen LogP contribution >= 0.6 is 0 Å². The summed E-state index contributed by atoms with van der Waals surface area (Å²) in [4.78, 5) is 19.2. The topological polar surface area (TPSA) is 85.4 Å². The Balaban J connectivity index is 1.15. The second kappa shape index (κ2) is 10.4. The summed E-state index contributed by atoms with van der Waals surface area (Å²) in [5.41, 5.74) is 3.08. The van der Waals surface area contributed by atoms with E-state index in [4.69, 9.17) is 9.26 Å². The van der Waals surface area contributed by atoms with Crippen molar-refractivity contribution in [2.24, 2.45) is 0 Å². The minimum Gasteiger partial charge on any atom is -0.379 e. The lowest BCUT2D eigenvalue weighted by Gasteiger charge is -2.26. The van der Waals surface area contributed by atoms with Crippen molar-refractivity contribution in [3.05, 3.63) is 65.9 Å². The van der Waals surface area contributed by atoms with Crippen molar-refractivity contribution in [1.82, 2.24) is 19.6 Å². The lowest BCUT2D eigenvalue weighted by Crippen LogP contribution is -2.38. The van der Waals surface area contributed by atoms with Gasteiger partial charge in [-0.25, -0.2) is 4.39 Å². The molecular formula is C26H28FN5O3. The Morgan fingerprint density at radius 2 is 1.97 bits per heavy atom. The third-order valence-electron chi connectivity index (χ3n) is 6.27. The van der Waals surface area contributed by atoms with Gasteiger partial charge in [-0.05, 0) is 55.0 Å². The maximum atomic E-state index is 13.5. The zero-order valence-electron chi connectivity index (χ0n) is 19.7. The molecule has 1 fully saturated rings. The van der Waals surface area contributed by atoms with E-state index in [1.165, 1.54) is 6.07 Å². The maximum absolute atomic E-state index is 13.5. The number of nitrogens with one attached hydrogen (secondary N) is 1. The predicted molar refractivity (Wildman–Crippen MR) is 131 cm³/mol. The number of benzene rings is 2. The predicted octanol–water partition coefficient (Wildman–Crippen LogP) is 4.04. The number of ether oxygens (including phenoxy) is 1. The van der Waals surface area contributed by atoms with Crippen LogP contribution < -0.4 is 5.32 Å². The molecule has 4 aromatic rings. The summed E-state index contributed by atoms with van der Waals surface area (Å²) in [6.45, 7) is 7.15. The van der Waals surface area contributed by atoms with Gasteiger partial charge in [-0.3, -0.25) is 9.69 Å². The first-order valence-electron chi connectivity index (χ1n) is 11.8. The quantitative estimate of drug-likeness (QED) is 0.412. The van der Waals surface area contributed by atoms with Crippen molar-refractivity contribution in [3.63, 3.8) is 0 Å². The summed E-state index contributed by atoms with van der Waals surface area (Å²) in [5, 5.41) is 7.98. The molecule has 1 N–H and O–H groups in total. The molecule has 1 saturated heterocycles. The second-order valence-corrected chi connectivity index (χ2v) is 8.76. The van der Waals surface area contributed by atoms with Gasteiger partial charge in [0.2, 0.25) is 17.6 Å². The SMILES string of the molecule is Cc1cc(-c2noc(CCC(=O)Nc3ccc4c(ccn4CCN4CCOCC4)c3)n2)ccc1F. The van der Waals surface area contributed by atoms with Gasteiger partial charge in [0.25, 0.3) is 0 Å². The normalized spacial score (nSPS) is 14.5. The Bertz CT molecular complexity index is 1330. The van der Waals surface area contributed by atoms with Crippen LogP contribution in [0.4, 0.5) is 10.1 Å². The Hall–Kier alpha value is -3.56. The fourth-order valence-corrected chi connectivity index (χ4v) is 4.25. The number of carbonyl (C=O) groups excluding carboxylic acids is 1. The first-order chi connectivity index (χ1) is 17.0. The van der Waals surface area contributed by atoms with E-state index in [1.807, 2.05) is 18.2 Å². The number of rotatable bonds is 8. The molecule has 35 heavy (non-hydrogen) atoms. The lowest BCUT2D eigenvalue weighted by atomic mass is 10.1. The number of anilines is 1. The van der Waals surface area contributed by atoms with Crippen LogP contribution in [0.1, 0.15) is 17.9 Å². The zero-order chi connectivity index (χ0) is 24.2. The molecule has 0 saturated carbocycles. The second-order valence-electron chi connectivity index (χ2n) is 8.76. The molecule has 1 amide bonds. The molecule has 2 aromatic carbocycles. The molecule has 5 rings (SSSR count). The molecule has 1 aliphatic heterocycles. The highest BCUT2D eigenvalue weighted by atomic mass is 19.1. The van der Waals surface area contributed by atoms with E-state index in [2.05, 4.69) is 37.2 Å². The van der Waals surface area contributed by atoms with Gasteiger partial charge in [-0.1, -0.05) is 5.16 Å². The molecular weight excluding hydrogens is 449 g/mol. The maximum Gasteiger partial charge on any atom is 0.227 e. The van der Waals surface area contributed by atoms with Crippen LogP contribution in [-0.2, 0) is 22.5 Å². The average molecular weight is 478 g/mol. The summed E-state index contributed by atoms with van der Waals surface area (Å²) < 4.78 is 26.4. The summed E-state index contributed by atoms with van der Waals surface area (Å²) in [6, 6.07) is 12.7. The largest absolute Gasteiger partial charge is 0.379 e. The number of aryl methyl sites for hydroxylation is 2. The molecule has 0 aliphatic carbocycles. The van der Waals surface area contributed by atoms with Crippen LogP contribution in [0.15, 0.2) is 53.2 Å². The first kappa shape index (κ1) is 23.2. The summed E-state index contributed by atoms with van der Waals surface area (Å²) in [5.74, 6) is 0.336. The van der Waals surface area contributed by atoms with Gasteiger partial charge in [0.15, 0.2) is 0 Å². The number of halogens is 1. The van der Waals surface area contributed by atoms with Gasteiger partial charge in [0, 0.05) is 67.4 Å². The average Bonchev–Trinajstić information content (AvgIpc) is 3.51. The standard InChI is InChI=1S/C26H28FN5O3/c1-18-16-20(2-4-22(18)27)26-29-25(35-30-26)7-6-24(33)28-21-3-5-23-19(17-21)8-9-32(23)11-10-31-12-14-34-15-13-31/h2-5,8-9,16-17H,6-7,10-15H2,1H3,(H,28,33). The lowest BCUT2D eigenvalue weighted by molar-refractivity contribution is -0.116. The summed E-state index contributed by atoms with van der Waals surface area (Å²) in [6.07, 6.45) is 2.62. The molecule has 0 bridgehead atoms. The van der Waals surface area contributed by atoms with Crippen LogP contribution in [0.5, 0.6) is 0 Å². The molecule has 0 unspecified atom stereocenters. The summed E-state index contributed by atoms with van der Waals surface area (Å²) in [7, 11) is 0. The highest BCUT2D eigenvalue weighted by molar-refractivity contribution is 5.94. The van der Waals surface area contributed by atoms with Gasteiger partial charge >= 0.3 is 0 Å². The molecule has 0 radical (unpaired) electrons. The van der Waals surface area contributed by atoms with Gasteiger partial charge in [0.1, 0.15) is 5.82 Å². The van der Waals surface area contributed by atoms with E-state index < -0.39 is 0 Å². The van der Waals surface area contributed by atoms with E-state index in [-0.39, 0.29) is 18.1 Å². The number of amides is 1. The van der Waals surface area contributed by atoms with Gasteiger partial charge in [0.05, 0.1) is 13.2 Å². The zero-order valence-corrected chi connectivity index (χ0v) is 19.7. The molecule has 182 valence electrons. The molecule has 9 heteroatoms. The molecule has 2 aromatic heterocycles. The van der Waals surface area contributed by atoms with Crippen molar-refractivity contribution in [2.45, 2.75) is 26.3 Å². The number of aromatic nitrogens is 3. The minimum atomic E-state index is -0.281. The highest BCUT2D eigenvalue weighted by Crippen LogP contribution is 2.22. The van der Waals surface area contributed by atoms with Crippen molar-refractivity contribution in [2.75, 3.05) is 38.2 Å². The third-order valence-corrected chi connectivity index (χ3v) is 6.27. The first-order valence-corrected chi connectivity index (χ1v) is 11.8. The van der Waals surface area contributed by atoms with Gasteiger partial charge < -0.3 is 19.1 Å². The Labute approximate surface area is 202 Å². The van der Waals surface area contributed by atoms with Gasteiger partial charge in [-0.2, -0.15) is 4.98 Å². The molecule has 8 nitrogen and oxygen atoms in total. The van der Waals surface area contributed by atoms with Crippen molar-refractivity contribution in [3.8, 4) is 11.4 Å². The fourth-order valence-electron chi connectivity index (χ4n) is 4.25. The smallest absolute Gasteiger partial charge is 0.227 e. The van der Waals surface area contributed by atoms with Crippen molar-refractivity contribution >= 4 is 22.5 Å². The van der Waals surface area contributed by atoms with Crippen LogP contribution in [0.25, 0.3) is 22.3 Å². The fraction of sp³-hybridized carbons (Fsp3) is 0.346. The Morgan fingerprint density at radius 3 is 2.80 bits per heavy atom. The number of nitrogens with zero attached hydrogens (tertiary/aromatic N) is 4. The van der Waals surface area contributed by atoms with Crippen LogP contribution in [0, 0.1) is 12.7 Å². The summed E-state index contributed by atoms with van der Waals surface area (Å²) >= 11 is 0. The number of hydrogen-bond acceptors (Lipinski definition) is 6. The van der Waals surface area contributed by atoms with E-state index in [1.54, 1.807) is 19.1 Å². The Kier molecular flexibility index (Phi) is 6.87. The molecule has 0 atom stereocenters. The number of fused-ring (bicyclic) bond motifs is 1. The molecule has 0 spiro atoms. The number of hydrogen-bond donors (Lipinski definition) is 1. The number of morpholine rings is 1. The Morgan fingerprint density at radius 1 is 1.11 bits per heavy atom. The van der Waals surface area contributed by atoms with E-state index >= 15 is 0 Å². The van der Waals surface area contributed by atoms with Crippen LogP contribution in [0.2, 0.25) is 0 Å². The van der Waals surface area contributed by atoms with Crippen LogP contribution in [0.3, 0.4) is 0 Å². The van der Waals surface area contributed by atoms with Crippen molar-refractivity contribution < 1.29 is 18.4 Å². The number of carbonyl (C=O) groups is 1. The third kappa shape index (κ3) is 5.58. The van der Waals surface area contributed by atoms with E-state index in [0.29, 0.717) is 29.3 Å².